The van der Waals surface area contributed by atoms with E-state index >= 15 is 0 Å². The molecule has 0 unspecified atom stereocenters. The van der Waals surface area contributed by atoms with E-state index in [1.165, 1.54) is 5.56 Å². The molecule has 2 rings (SSSR count). The largest absolute Gasteiger partial charge is 0.493 e. The van der Waals surface area contributed by atoms with E-state index in [4.69, 9.17) is 9.47 Å². The van der Waals surface area contributed by atoms with Crippen LogP contribution in [-0.4, -0.2) is 14.2 Å². The minimum Gasteiger partial charge on any atom is -0.493 e. The maximum Gasteiger partial charge on any atom is 0.174 e. The van der Waals surface area contributed by atoms with Crippen molar-refractivity contribution in [2.24, 2.45) is 0 Å². The van der Waals surface area contributed by atoms with Crippen LogP contribution in [0.2, 0.25) is 0 Å². The predicted molar refractivity (Wildman–Crippen MR) is 88.9 cm³/mol. The smallest absolute Gasteiger partial charge is 0.174 e. The standard InChI is InChI=1S/C17H20BrNO2/c1-12(14-7-5-4-6-8-14)19-11-13-9-15(18)17(21-3)16(10-13)20-2/h4-10,12,19H,11H2,1-3H3/t12-/m0/s1. The van der Waals surface area contributed by atoms with Crippen molar-refractivity contribution in [1.82, 2.24) is 5.32 Å². The summed E-state index contributed by atoms with van der Waals surface area (Å²) >= 11 is 3.52. The minimum atomic E-state index is 0.290. The molecule has 1 N–H and O–H groups in total. The molecule has 0 fully saturated rings. The first-order valence-corrected chi connectivity index (χ1v) is 7.63. The van der Waals surface area contributed by atoms with Gasteiger partial charge in [-0.25, -0.2) is 0 Å². The molecule has 0 aromatic heterocycles. The van der Waals surface area contributed by atoms with Crippen LogP contribution in [0, 0.1) is 0 Å². The third-order valence-corrected chi connectivity index (χ3v) is 3.99. The number of benzene rings is 2. The van der Waals surface area contributed by atoms with E-state index in [1.54, 1.807) is 14.2 Å². The Labute approximate surface area is 134 Å². The molecular weight excluding hydrogens is 330 g/mol. The number of nitrogens with one attached hydrogen (secondary N) is 1. The monoisotopic (exact) mass is 349 g/mol. The van der Waals surface area contributed by atoms with Gasteiger partial charge in [-0.3, -0.25) is 0 Å². The zero-order valence-electron chi connectivity index (χ0n) is 12.5. The number of rotatable bonds is 6. The van der Waals surface area contributed by atoms with Gasteiger partial charge in [-0.05, 0) is 46.1 Å². The van der Waals surface area contributed by atoms with Crippen molar-refractivity contribution in [2.75, 3.05) is 14.2 Å². The Morgan fingerprint density at radius 2 is 1.81 bits per heavy atom. The van der Waals surface area contributed by atoms with Gasteiger partial charge >= 0.3 is 0 Å². The quantitative estimate of drug-likeness (QED) is 0.842. The molecule has 0 aliphatic carbocycles. The highest BCUT2D eigenvalue weighted by Crippen LogP contribution is 2.36. The maximum absolute atomic E-state index is 5.37. The summed E-state index contributed by atoms with van der Waals surface area (Å²) in [4.78, 5) is 0. The van der Waals surface area contributed by atoms with Gasteiger partial charge in [0.05, 0.1) is 18.7 Å². The van der Waals surface area contributed by atoms with Crippen molar-refractivity contribution in [3.8, 4) is 11.5 Å². The van der Waals surface area contributed by atoms with E-state index in [0.717, 1.165) is 28.1 Å². The second-order valence-corrected chi connectivity index (χ2v) is 5.68. The fraction of sp³-hybridized carbons (Fsp3) is 0.294. The average Bonchev–Trinajstić information content (AvgIpc) is 2.52. The Kier molecular flexibility index (Phi) is 5.65. The topological polar surface area (TPSA) is 30.5 Å². The summed E-state index contributed by atoms with van der Waals surface area (Å²) in [5, 5.41) is 3.51. The van der Waals surface area contributed by atoms with Gasteiger partial charge in [0.25, 0.3) is 0 Å². The van der Waals surface area contributed by atoms with E-state index in [2.05, 4.69) is 52.4 Å². The van der Waals surface area contributed by atoms with Crippen molar-refractivity contribution >= 4 is 15.9 Å². The lowest BCUT2D eigenvalue weighted by atomic mass is 10.1. The second-order valence-electron chi connectivity index (χ2n) is 4.83. The lowest BCUT2D eigenvalue weighted by Gasteiger charge is -2.16. The summed E-state index contributed by atoms with van der Waals surface area (Å²) in [6.45, 7) is 2.92. The van der Waals surface area contributed by atoms with E-state index < -0.39 is 0 Å². The van der Waals surface area contributed by atoms with Crippen LogP contribution >= 0.6 is 15.9 Å². The molecule has 0 aliphatic rings. The van der Waals surface area contributed by atoms with Crippen LogP contribution in [0.3, 0.4) is 0 Å². The summed E-state index contributed by atoms with van der Waals surface area (Å²) in [5.74, 6) is 1.45. The zero-order chi connectivity index (χ0) is 15.2. The minimum absolute atomic E-state index is 0.290. The number of methoxy groups -OCH3 is 2. The lowest BCUT2D eigenvalue weighted by Crippen LogP contribution is -2.18. The number of halogens is 1. The molecule has 112 valence electrons. The SMILES string of the molecule is COc1cc(CN[C@@H](C)c2ccccc2)cc(Br)c1OC. The first-order chi connectivity index (χ1) is 10.2. The van der Waals surface area contributed by atoms with Crippen molar-refractivity contribution < 1.29 is 9.47 Å². The summed E-state index contributed by atoms with van der Waals surface area (Å²) in [5.41, 5.74) is 2.42. The van der Waals surface area contributed by atoms with Crippen molar-refractivity contribution in [2.45, 2.75) is 19.5 Å². The first-order valence-electron chi connectivity index (χ1n) is 6.84. The van der Waals surface area contributed by atoms with E-state index in [-0.39, 0.29) is 6.04 Å². The maximum atomic E-state index is 5.37. The Morgan fingerprint density at radius 1 is 1.10 bits per heavy atom. The molecule has 0 saturated carbocycles. The van der Waals surface area contributed by atoms with Crippen LogP contribution in [0.25, 0.3) is 0 Å². The molecule has 0 amide bonds. The van der Waals surface area contributed by atoms with Gasteiger partial charge in [0.1, 0.15) is 0 Å². The Hall–Kier alpha value is -1.52. The van der Waals surface area contributed by atoms with Crippen LogP contribution in [0.5, 0.6) is 11.5 Å². The van der Waals surface area contributed by atoms with Gasteiger partial charge in [-0.2, -0.15) is 0 Å². The Morgan fingerprint density at radius 3 is 2.43 bits per heavy atom. The number of hydrogen-bond donors (Lipinski definition) is 1. The fourth-order valence-corrected chi connectivity index (χ4v) is 2.86. The molecule has 21 heavy (non-hydrogen) atoms. The van der Waals surface area contributed by atoms with Crippen LogP contribution in [0.1, 0.15) is 24.1 Å². The van der Waals surface area contributed by atoms with Gasteiger partial charge in [-0.1, -0.05) is 30.3 Å². The number of ether oxygens (including phenoxy) is 2. The molecule has 0 aliphatic heterocycles. The molecule has 0 saturated heterocycles. The molecule has 2 aromatic rings. The molecule has 0 heterocycles. The molecule has 3 nitrogen and oxygen atoms in total. The predicted octanol–water partition coefficient (Wildman–Crippen LogP) is 4.32. The van der Waals surface area contributed by atoms with Crippen molar-refractivity contribution in [3.63, 3.8) is 0 Å². The first kappa shape index (κ1) is 15.9. The van der Waals surface area contributed by atoms with E-state index in [9.17, 15) is 0 Å². The molecule has 1 atom stereocenters. The third kappa shape index (κ3) is 3.99. The van der Waals surface area contributed by atoms with Gasteiger partial charge in [0.15, 0.2) is 11.5 Å². The van der Waals surface area contributed by atoms with Crippen LogP contribution < -0.4 is 14.8 Å². The van der Waals surface area contributed by atoms with Crippen LogP contribution in [0.15, 0.2) is 46.9 Å². The third-order valence-electron chi connectivity index (χ3n) is 3.41. The van der Waals surface area contributed by atoms with Crippen LogP contribution in [0.4, 0.5) is 0 Å². The van der Waals surface area contributed by atoms with Crippen LogP contribution in [-0.2, 0) is 6.54 Å². The molecule has 2 aromatic carbocycles. The molecule has 0 radical (unpaired) electrons. The molecular formula is C17H20BrNO2. The summed E-state index contributed by atoms with van der Waals surface area (Å²) in [7, 11) is 3.28. The molecule has 0 spiro atoms. The Balaban J connectivity index is 2.08. The molecule has 4 heteroatoms. The summed E-state index contributed by atoms with van der Waals surface area (Å²) in [6.07, 6.45) is 0. The highest BCUT2D eigenvalue weighted by molar-refractivity contribution is 9.10. The van der Waals surface area contributed by atoms with E-state index in [0.29, 0.717) is 0 Å². The Bertz CT molecular complexity index is 587. The number of hydrogen-bond acceptors (Lipinski definition) is 3. The second kappa shape index (κ2) is 7.48. The van der Waals surface area contributed by atoms with Gasteiger partial charge < -0.3 is 14.8 Å². The van der Waals surface area contributed by atoms with Crippen molar-refractivity contribution in [1.29, 1.82) is 0 Å². The van der Waals surface area contributed by atoms with Gasteiger partial charge in [0, 0.05) is 12.6 Å². The van der Waals surface area contributed by atoms with Crippen molar-refractivity contribution in [3.05, 3.63) is 58.1 Å². The highest BCUT2D eigenvalue weighted by atomic mass is 79.9. The molecule has 0 bridgehead atoms. The summed E-state index contributed by atoms with van der Waals surface area (Å²) in [6, 6.07) is 14.7. The van der Waals surface area contributed by atoms with Gasteiger partial charge in [-0.15, -0.1) is 0 Å². The highest BCUT2D eigenvalue weighted by Gasteiger charge is 2.11. The van der Waals surface area contributed by atoms with Gasteiger partial charge in [0.2, 0.25) is 0 Å². The summed E-state index contributed by atoms with van der Waals surface area (Å²) < 4.78 is 11.6. The van der Waals surface area contributed by atoms with E-state index in [1.807, 2.05) is 18.2 Å². The fourth-order valence-electron chi connectivity index (χ4n) is 2.20. The zero-order valence-corrected chi connectivity index (χ0v) is 14.1. The lowest BCUT2D eigenvalue weighted by molar-refractivity contribution is 0.352. The normalized spacial score (nSPS) is 12.0. The average molecular weight is 350 g/mol.